The van der Waals surface area contributed by atoms with Gasteiger partial charge < -0.3 is 9.47 Å². The molecule has 0 atom stereocenters. The number of thiophene rings is 2. The van der Waals surface area contributed by atoms with Crippen LogP contribution in [0.4, 0.5) is 11.4 Å². The molecule has 0 radical (unpaired) electrons. The van der Waals surface area contributed by atoms with Crippen molar-refractivity contribution in [3.63, 3.8) is 0 Å². The van der Waals surface area contributed by atoms with E-state index < -0.39 is 0 Å². The number of anilines is 2. The van der Waals surface area contributed by atoms with Gasteiger partial charge in [0.2, 0.25) is 0 Å². The SMILES string of the molecule is C=C1/C=C\C=C/CN(c2ccc3c(c2)sc2c4ccc(-n5c6ccccc6c6ccccc65)cc4sc32)c2ccccc21. The Morgan fingerprint density at radius 2 is 1.19 bits per heavy atom. The molecule has 0 aliphatic carbocycles. The first kappa shape index (κ1) is 24.7. The fourth-order valence-corrected chi connectivity index (χ4v) is 9.29. The van der Waals surface area contributed by atoms with Crippen LogP contribution in [0.5, 0.6) is 0 Å². The Morgan fingerprint density at radius 1 is 0.581 bits per heavy atom. The van der Waals surface area contributed by atoms with Crippen LogP contribution < -0.4 is 4.90 Å². The van der Waals surface area contributed by atoms with Crippen molar-refractivity contribution in [2.24, 2.45) is 0 Å². The molecule has 0 saturated carbocycles. The van der Waals surface area contributed by atoms with E-state index in [1.54, 1.807) is 0 Å². The maximum Gasteiger partial charge on any atom is 0.0542 e. The maximum absolute atomic E-state index is 4.33. The molecule has 2 nitrogen and oxygen atoms in total. The lowest BCUT2D eigenvalue weighted by molar-refractivity contribution is 1.10. The summed E-state index contributed by atoms with van der Waals surface area (Å²) in [5.41, 5.74) is 8.28. The zero-order chi connectivity index (χ0) is 28.5. The number of fused-ring (bicyclic) bond motifs is 9. The second-order valence-electron chi connectivity index (χ2n) is 11.0. The summed E-state index contributed by atoms with van der Waals surface area (Å²) in [5, 5.41) is 5.26. The summed E-state index contributed by atoms with van der Waals surface area (Å²) in [4.78, 5) is 2.40. The Balaban J connectivity index is 1.18. The lowest BCUT2D eigenvalue weighted by atomic mass is 10.0. The molecule has 4 heteroatoms. The van der Waals surface area contributed by atoms with Crippen molar-refractivity contribution in [3.8, 4) is 5.69 Å². The molecule has 9 rings (SSSR count). The minimum Gasteiger partial charge on any atom is -0.337 e. The smallest absolute Gasteiger partial charge is 0.0542 e. The first-order valence-corrected chi connectivity index (χ1v) is 16.1. The van der Waals surface area contributed by atoms with E-state index in [4.69, 9.17) is 0 Å². The number of aromatic nitrogens is 1. The van der Waals surface area contributed by atoms with Gasteiger partial charge in [-0.3, -0.25) is 0 Å². The highest BCUT2D eigenvalue weighted by Gasteiger charge is 2.18. The third-order valence-corrected chi connectivity index (χ3v) is 11.1. The number of allylic oxidation sites excluding steroid dienone is 4. The number of hydrogen-bond acceptors (Lipinski definition) is 3. The van der Waals surface area contributed by atoms with Crippen LogP contribution in [0.1, 0.15) is 5.56 Å². The van der Waals surface area contributed by atoms with Gasteiger partial charge in [0.1, 0.15) is 0 Å². The van der Waals surface area contributed by atoms with Crippen molar-refractivity contribution in [2.75, 3.05) is 11.4 Å². The fourth-order valence-electron chi connectivity index (χ4n) is 6.57. The van der Waals surface area contributed by atoms with Gasteiger partial charge in [-0.2, -0.15) is 0 Å². The van der Waals surface area contributed by atoms with Crippen LogP contribution in [0.2, 0.25) is 0 Å². The molecule has 0 fully saturated rings. The summed E-state index contributed by atoms with van der Waals surface area (Å²) in [6, 6.07) is 40.0. The average Bonchev–Trinajstić information content (AvgIpc) is 3.71. The molecule has 204 valence electrons. The third kappa shape index (κ3) is 3.77. The van der Waals surface area contributed by atoms with Crippen LogP contribution in [0.25, 0.3) is 62.6 Å². The Labute approximate surface area is 257 Å². The summed E-state index contributed by atoms with van der Waals surface area (Å²) in [6.07, 6.45) is 8.50. The van der Waals surface area contributed by atoms with E-state index in [1.165, 1.54) is 74.0 Å². The Bertz CT molecular complexity index is 2410. The first-order valence-electron chi connectivity index (χ1n) is 14.5. The van der Waals surface area contributed by atoms with E-state index >= 15 is 0 Å². The molecule has 1 aliphatic rings. The summed E-state index contributed by atoms with van der Waals surface area (Å²) in [6.45, 7) is 5.13. The Hall–Kier alpha value is -4.90. The van der Waals surface area contributed by atoms with E-state index in [0.717, 1.165) is 12.1 Å². The van der Waals surface area contributed by atoms with Crippen molar-refractivity contribution in [2.45, 2.75) is 0 Å². The van der Waals surface area contributed by atoms with Crippen molar-refractivity contribution in [3.05, 3.63) is 146 Å². The molecule has 1 aliphatic heterocycles. The molecule has 0 unspecified atom stereocenters. The number of rotatable bonds is 2. The van der Waals surface area contributed by atoms with Crippen LogP contribution in [-0.2, 0) is 0 Å². The van der Waals surface area contributed by atoms with E-state index in [-0.39, 0.29) is 0 Å². The van der Waals surface area contributed by atoms with Crippen LogP contribution in [0.15, 0.2) is 140 Å². The van der Waals surface area contributed by atoms with Gasteiger partial charge in [0.15, 0.2) is 0 Å². The lowest BCUT2D eigenvalue weighted by Crippen LogP contribution is -2.18. The molecule has 0 bridgehead atoms. The van der Waals surface area contributed by atoms with E-state index in [0.29, 0.717) is 0 Å². The topological polar surface area (TPSA) is 8.17 Å². The van der Waals surface area contributed by atoms with Crippen molar-refractivity contribution in [1.82, 2.24) is 4.57 Å². The fraction of sp³-hybridized carbons (Fsp3) is 0.0256. The van der Waals surface area contributed by atoms with Gasteiger partial charge in [-0.1, -0.05) is 97.6 Å². The highest BCUT2D eigenvalue weighted by atomic mass is 32.1. The summed E-state index contributed by atoms with van der Waals surface area (Å²) in [7, 11) is 0. The van der Waals surface area contributed by atoms with Gasteiger partial charge in [-0.15, -0.1) is 22.7 Å². The van der Waals surface area contributed by atoms with Gasteiger partial charge in [0, 0.05) is 60.1 Å². The number of para-hydroxylation sites is 3. The average molecular weight is 587 g/mol. The second kappa shape index (κ2) is 9.56. The van der Waals surface area contributed by atoms with Gasteiger partial charge in [0.05, 0.1) is 20.4 Å². The van der Waals surface area contributed by atoms with Crippen LogP contribution in [0, 0.1) is 0 Å². The van der Waals surface area contributed by atoms with Crippen LogP contribution >= 0.6 is 22.7 Å². The van der Waals surface area contributed by atoms with Gasteiger partial charge >= 0.3 is 0 Å². The van der Waals surface area contributed by atoms with Crippen LogP contribution in [-0.4, -0.2) is 11.1 Å². The van der Waals surface area contributed by atoms with Gasteiger partial charge in [0.25, 0.3) is 0 Å². The molecule has 0 amide bonds. The first-order chi connectivity index (χ1) is 21.2. The van der Waals surface area contributed by atoms with Gasteiger partial charge in [-0.25, -0.2) is 0 Å². The monoisotopic (exact) mass is 586 g/mol. The lowest BCUT2D eigenvalue weighted by Gasteiger charge is -2.26. The molecule has 0 saturated heterocycles. The van der Waals surface area contributed by atoms with E-state index in [9.17, 15) is 0 Å². The molecule has 0 spiro atoms. The molecule has 4 heterocycles. The predicted molar refractivity (Wildman–Crippen MR) is 190 cm³/mol. The summed E-state index contributed by atoms with van der Waals surface area (Å²) in [5.74, 6) is 0. The predicted octanol–water partition coefficient (Wildman–Crippen LogP) is 11.6. The van der Waals surface area contributed by atoms with E-state index in [1.807, 2.05) is 22.7 Å². The Kier molecular flexibility index (Phi) is 5.49. The minimum absolute atomic E-state index is 0.800. The third-order valence-electron chi connectivity index (χ3n) is 8.57. The molecule has 8 aromatic rings. The number of nitrogens with zero attached hydrogens (tertiary/aromatic N) is 2. The summed E-state index contributed by atoms with van der Waals surface area (Å²) >= 11 is 3.82. The van der Waals surface area contributed by atoms with Crippen LogP contribution in [0.3, 0.4) is 0 Å². The van der Waals surface area contributed by atoms with Crippen molar-refractivity contribution in [1.29, 1.82) is 0 Å². The molecular weight excluding hydrogens is 561 g/mol. The molecule has 0 N–H and O–H groups in total. The second-order valence-corrected chi connectivity index (χ2v) is 13.1. The zero-order valence-electron chi connectivity index (χ0n) is 23.3. The normalized spacial score (nSPS) is 15.3. The maximum atomic E-state index is 4.33. The largest absolute Gasteiger partial charge is 0.337 e. The van der Waals surface area contributed by atoms with E-state index in [2.05, 4.69) is 150 Å². The van der Waals surface area contributed by atoms with Crippen molar-refractivity contribution < 1.29 is 0 Å². The quantitative estimate of drug-likeness (QED) is 0.196. The standard InChI is InChI=1S/C39H26N2S2/c1-25-11-3-2-10-22-40(33-15-7-4-12-28(25)33)26-18-20-31-36(23-26)42-39-32-21-19-27(24-37(32)43-38(31)39)41-34-16-8-5-13-29(34)30-14-6-9-17-35(30)41/h2-21,23-24H,1,22H2/b10-2-,11-3-. The highest BCUT2D eigenvalue weighted by Crippen LogP contribution is 2.46. The minimum atomic E-state index is 0.800. The molecular formula is C39H26N2S2. The highest BCUT2D eigenvalue weighted by molar-refractivity contribution is 7.36. The molecule has 43 heavy (non-hydrogen) atoms. The number of benzene rings is 5. The van der Waals surface area contributed by atoms with Gasteiger partial charge in [-0.05, 0) is 48.0 Å². The number of hydrogen-bond donors (Lipinski definition) is 0. The van der Waals surface area contributed by atoms with Crippen molar-refractivity contribution >= 4 is 91.0 Å². The zero-order valence-corrected chi connectivity index (χ0v) is 25.0. The molecule has 5 aromatic carbocycles. The Morgan fingerprint density at radius 3 is 1.91 bits per heavy atom. The summed E-state index contributed by atoms with van der Waals surface area (Å²) < 4.78 is 7.82. The molecule has 3 aromatic heterocycles.